The molecule has 76 valence electrons. The van der Waals surface area contributed by atoms with E-state index in [0.29, 0.717) is 5.12 Å². The van der Waals surface area contributed by atoms with Gasteiger partial charge in [0.1, 0.15) is 5.69 Å². The Morgan fingerprint density at radius 2 is 2.00 bits per heavy atom. The molecule has 1 aromatic rings. The van der Waals surface area contributed by atoms with E-state index in [1.807, 2.05) is 0 Å². The highest BCUT2D eigenvalue weighted by atomic mass is 19.2. The molecule has 0 aliphatic carbocycles. The number of anilines is 1. The van der Waals surface area contributed by atoms with Gasteiger partial charge in [-0.15, -0.1) is 0 Å². The largest absolute Gasteiger partial charge is 0.295 e. The van der Waals surface area contributed by atoms with Crippen molar-refractivity contribution in [2.75, 3.05) is 5.12 Å². The average Bonchev–Trinajstić information content (AvgIpc) is 2.16. The van der Waals surface area contributed by atoms with Gasteiger partial charge in [-0.05, 0) is 19.9 Å². The normalized spacial score (nSPS) is 10.3. The van der Waals surface area contributed by atoms with E-state index >= 15 is 0 Å². The number of nitro groups is 1. The van der Waals surface area contributed by atoms with Crippen LogP contribution < -0.4 is 5.12 Å². The van der Waals surface area contributed by atoms with E-state index in [1.54, 1.807) is 19.9 Å². The minimum Gasteiger partial charge on any atom is -0.258 e. The minimum absolute atomic E-state index is 0.00694. The third-order valence-corrected chi connectivity index (χ3v) is 1.76. The lowest BCUT2D eigenvalue weighted by Gasteiger charge is -2.17. The molecule has 0 heterocycles. The Kier molecular flexibility index (Phi) is 3.01. The molecule has 0 N–H and O–H groups in total. The second-order valence-electron chi connectivity index (χ2n) is 3.15. The number of halogens is 1. The predicted molar refractivity (Wildman–Crippen MR) is 51.8 cm³/mol. The molecule has 0 radical (unpaired) electrons. The van der Waals surface area contributed by atoms with E-state index in [0.717, 1.165) is 0 Å². The number of nitro benzene ring substituents is 1. The highest BCUT2D eigenvalue weighted by Crippen LogP contribution is 2.28. The third kappa shape index (κ3) is 1.99. The number of benzene rings is 1. The lowest BCUT2D eigenvalue weighted by Crippen LogP contribution is -2.21. The first kappa shape index (κ1) is 10.4. The van der Waals surface area contributed by atoms with Crippen molar-refractivity contribution in [2.24, 2.45) is 0 Å². The zero-order chi connectivity index (χ0) is 10.7. The number of para-hydroxylation sites is 2. The Balaban J connectivity index is 3.13. The first-order valence-corrected chi connectivity index (χ1v) is 4.22. The average molecular weight is 198 g/mol. The van der Waals surface area contributed by atoms with Crippen LogP contribution in [0.25, 0.3) is 0 Å². The van der Waals surface area contributed by atoms with Crippen LogP contribution >= 0.6 is 0 Å². The van der Waals surface area contributed by atoms with Crippen LogP contribution in [0.5, 0.6) is 0 Å². The SMILES string of the molecule is CC(C)N(F)c1ccccc1[N+](=O)[O-]. The first-order chi connectivity index (χ1) is 6.54. The molecule has 14 heavy (non-hydrogen) atoms. The maximum Gasteiger partial charge on any atom is 0.295 e. The lowest BCUT2D eigenvalue weighted by atomic mass is 10.2. The van der Waals surface area contributed by atoms with Crippen molar-refractivity contribution in [3.05, 3.63) is 34.4 Å². The molecule has 0 fully saturated rings. The van der Waals surface area contributed by atoms with Crippen LogP contribution in [0.15, 0.2) is 24.3 Å². The molecule has 0 atom stereocenters. The molecule has 0 unspecified atom stereocenters. The Morgan fingerprint density at radius 3 is 2.50 bits per heavy atom. The molecule has 0 spiro atoms. The number of rotatable bonds is 3. The molecule has 0 saturated heterocycles. The van der Waals surface area contributed by atoms with Crippen LogP contribution in [-0.2, 0) is 0 Å². The van der Waals surface area contributed by atoms with Gasteiger partial charge in [0.2, 0.25) is 0 Å². The van der Waals surface area contributed by atoms with E-state index in [1.165, 1.54) is 18.2 Å². The highest BCUT2D eigenvalue weighted by molar-refractivity contribution is 5.61. The molecule has 5 heteroatoms. The summed E-state index contributed by atoms with van der Waals surface area (Å²) in [6.07, 6.45) is 0. The smallest absolute Gasteiger partial charge is 0.258 e. The van der Waals surface area contributed by atoms with Gasteiger partial charge >= 0.3 is 0 Å². The molecule has 1 rings (SSSR count). The maximum absolute atomic E-state index is 13.4. The van der Waals surface area contributed by atoms with Gasteiger partial charge in [0.25, 0.3) is 5.69 Å². The molecule has 1 aromatic carbocycles. The Bertz CT molecular complexity index is 341. The van der Waals surface area contributed by atoms with E-state index in [4.69, 9.17) is 0 Å². The van der Waals surface area contributed by atoms with E-state index in [-0.39, 0.29) is 11.4 Å². The van der Waals surface area contributed by atoms with Crippen molar-refractivity contribution in [1.82, 2.24) is 0 Å². The fourth-order valence-corrected chi connectivity index (χ4v) is 1.08. The van der Waals surface area contributed by atoms with Crippen molar-refractivity contribution in [3.63, 3.8) is 0 Å². The fourth-order valence-electron chi connectivity index (χ4n) is 1.08. The predicted octanol–water partition coefficient (Wildman–Crippen LogP) is 2.69. The van der Waals surface area contributed by atoms with Crippen LogP contribution in [0.3, 0.4) is 0 Å². The quantitative estimate of drug-likeness (QED) is 0.426. The molecule has 0 amide bonds. The van der Waals surface area contributed by atoms with Gasteiger partial charge in [-0.25, -0.2) is 5.12 Å². The summed E-state index contributed by atoms with van der Waals surface area (Å²) in [6.45, 7) is 3.24. The highest BCUT2D eigenvalue weighted by Gasteiger charge is 2.20. The van der Waals surface area contributed by atoms with Crippen molar-refractivity contribution in [3.8, 4) is 0 Å². The van der Waals surface area contributed by atoms with Crippen molar-refractivity contribution < 1.29 is 9.40 Å². The Morgan fingerprint density at radius 1 is 1.43 bits per heavy atom. The van der Waals surface area contributed by atoms with Crippen LogP contribution in [-0.4, -0.2) is 11.0 Å². The summed E-state index contributed by atoms with van der Waals surface area (Å²) >= 11 is 0. The number of hydrogen-bond acceptors (Lipinski definition) is 3. The summed E-state index contributed by atoms with van der Waals surface area (Å²) in [5, 5.41) is 10.9. The second kappa shape index (κ2) is 4.04. The summed E-state index contributed by atoms with van der Waals surface area (Å²) in [5.74, 6) is 0. The minimum atomic E-state index is -0.593. The van der Waals surface area contributed by atoms with Crippen molar-refractivity contribution >= 4 is 11.4 Å². The van der Waals surface area contributed by atoms with Gasteiger partial charge in [0.15, 0.2) is 0 Å². The molecule has 0 aliphatic rings. The third-order valence-electron chi connectivity index (χ3n) is 1.76. The second-order valence-corrected chi connectivity index (χ2v) is 3.15. The van der Waals surface area contributed by atoms with E-state index < -0.39 is 11.0 Å². The van der Waals surface area contributed by atoms with E-state index in [2.05, 4.69) is 0 Å². The van der Waals surface area contributed by atoms with Crippen LogP contribution in [0.2, 0.25) is 0 Å². The fraction of sp³-hybridized carbons (Fsp3) is 0.333. The number of hydrogen-bond donors (Lipinski definition) is 0. The summed E-state index contributed by atoms with van der Waals surface area (Å²) in [4.78, 5) is 9.97. The molecular weight excluding hydrogens is 187 g/mol. The molecule has 0 aliphatic heterocycles. The van der Waals surface area contributed by atoms with Gasteiger partial charge in [-0.2, -0.15) is 0 Å². The van der Waals surface area contributed by atoms with Crippen molar-refractivity contribution in [1.29, 1.82) is 0 Å². The maximum atomic E-state index is 13.4. The molecule has 0 bridgehead atoms. The topological polar surface area (TPSA) is 46.4 Å². The zero-order valence-electron chi connectivity index (χ0n) is 7.98. The van der Waals surface area contributed by atoms with Crippen LogP contribution in [0, 0.1) is 10.1 Å². The van der Waals surface area contributed by atoms with Crippen LogP contribution in [0.4, 0.5) is 15.9 Å². The standard InChI is InChI=1S/C9H11FN2O2/c1-7(2)11(10)8-5-3-4-6-9(8)12(13)14/h3-7H,1-2H3. The molecular formula is C9H11FN2O2. The monoisotopic (exact) mass is 198 g/mol. The summed E-state index contributed by atoms with van der Waals surface area (Å²) in [7, 11) is 0. The molecule has 0 saturated carbocycles. The Hall–Kier alpha value is -1.65. The van der Waals surface area contributed by atoms with Gasteiger partial charge < -0.3 is 0 Å². The molecule has 0 aromatic heterocycles. The first-order valence-electron chi connectivity index (χ1n) is 4.22. The summed E-state index contributed by atoms with van der Waals surface area (Å²) < 4.78 is 13.4. The summed E-state index contributed by atoms with van der Waals surface area (Å²) in [5.41, 5.74) is -0.226. The van der Waals surface area contributed by atoms with Crippen molar-refractivity contribution in [2.45, 2.75) is 19.9 Å². The van der Waals surface area contributed by atoms with Crippen LogP contribution in [0.1, 0.15) is 13.8 Å². The van der Waals surface area contributed by atoms with Gasteiger partial charge in [0, 0.05) is 6.07 Å². The van der Waals surface area contributed by atoms with Gasteiger partial charge in [0.05, 0.1) is 11.0 Å². The van der Waals surface area contributed by atoms with Gasteiger partial charge in [-0.1, -0.05) is 16.6 Å². The zero-order valence-corrected chi connectivity index (χ0v) is 7.98. The Labute approximate surface area is 81.0 Å². The number of nitrogens with zero attached hydrogens (tertiary/aromatic N) is 2. The lowest BCUT2D eigenvalue weighted by molar-refractivity contribution is -0.384. The molecule has 4 nitrogen and oxygen atoms in total. The summed E-state index contributed by atoms with van der Waals surface area (Å²) in [6, 6.07) is 5.33. The van der Waals surface area contributed by atoms with E-state index in [9.17, 15) is 14.6 Å². The van der Waals surface area contributed by atoms with Gasteiger partial charge in [-0.3, -0.25) is 10.1 Å².